The van der Waals surface area contributed by atoms with Gasteiger partial charge in [0.05, 0.1) is 21.1 Å². The quantitative estimate of drug-likeness (QED) is 0.270. The van der Waals surface area contributed by atoms with Crippen molar-refractivity contribution in [3.63, 3.8) is 0 Å². The molecular weight excluding hydrogens is 544 g/mol. The van der Waals surface area contributed by atoms with E-state index in [1.807, 2.05) is 6.07 Å². The van der Waals surface area contributed by atoms with E-state index in [-0.39, 0.29) is 29.9 Å². The molecule has 0 spiro atoms. The van der Waals surface area contributed by atoms with Gasteiger partial charge in [-0.25, -0.2) is 4.98 Å². The summed E-state index contributed by atoms with van der Waals surface area (Å²) in [7, 11) is 2.13. The first-order valence-corrected chi connectivity index (χ1v) is 16.8. The summed E-state index contributed by atoms with van der Waals surface area (Å²) < 4.78 is 1.12. The summed E-state index contributed by atoms with van der Waals surface area (Å²) >= 11 is 1.62. The normalized spacial score (nSPS) is 18.5. The van der Waals surface area contributed by atoms with Crippen LogP contribution < -0.4 is 5.32 Å². The summed E-state index contributed by atoms with van der Waals surface area (Å²) in [6.45, 7) is 12.4. The van der Waals surface area contributed by atoms with Gasteiger partial charge in [0.1, 0.15) is 5.78 Å². The highest BCUT2D eigenvalue weighted by Crippen LogP contribution is 2.30. The Labute approximate surface area is 256 Å². The smallest absolute Gasteiger partial charge is 0.224 e. The number of rotatable bonds is 15. The van der Waals surface area contributed by atoms with Crippen molar-refractivity contribution in [2.75, 3.05) is 39.8 Å². The first-order chi connectivity index (χ1) is 20.2. The average Bonchev–Trinajstić information content (AvgIpc) is 3.38. The predicted octanol–water partition coefficient (Wildman–Crippen LogP) is 5.60. The molecule has 2 atom stereocenters. The number of likely N-dealkylation sites (N-methyl/N-ethyl adjacent to an activating group) is 1. The van der Waals surface area contributed by atoms with Gasteiger partial charge in [-0.2, -0.15) is 0 Å². The molecule has 2 aromatic rings. The number of thiazole rings is 1. The third-order valence-corrected chi connectivity index (χ3v) is 10.1. The summed E-state index contributed by atoms with van der Waals surface area (Å²) in [6, 6.07) is 6.23. The number of hydrogen-bond donors (Lipinski definition) is 1. The van der Waals surface area contributed by atoms with Gasteiger partial charge in [0.2, 0.25) is 5.91 Å². The highest BCUT2D eigenvalue weighted by molar-refractivity contribution is 7.18. The second-order valence-corrected chi connectivity index (χ2v) is 13.8. The van der Waals surface area contributed by atoms with Crippen molar-refractivity contribution < 1.29 is 14.4 Å². The van der Waals surface area contributed by atoms with Gasteiger partial charge in [0.25, 0.3) is 0 Å². The van der Waals surface area contributed by atoms with Gasteiger partial charge in [-0.3, -0.25) is 14.5 Å². The van der Waals surface area contributed by atoms with Gasteiger partial charge in [0.15, 0.2) is 5.78 Å². The number of amides is 1. The van der Waals surface area contributed by atoms with E-state index < -0.39 is 5.92 Å². The number of Topliss-reactive ketones (excluding diaryl/α,β-unsaturated/α-hetero) is 2. The van der Waals surface area contributed by atoms with Crippen LogP contribution in [0.1, 0.15) is 82.2 Å². The number of carbonyl (C=O) groups excluding carboxylic acids is 3. The number of nitrogens with zero attached hydrogens (tertiary/aromatic N) is 3. The molecule has 1 saturated carbocycles. The number of hydrogen-bond acceptors (Lipinski definition) is 7. The van der Waals surface area contributed by atoms with Crippen molar-refractivity contribution in [3.8, 4) is 0 Å². The Balaban J connectivity index is 1.40. The first kappa shape index (κ1) is 32.5. The summed E-state index contributed by atoms with van der Waals surface area (Å²) in [6.07, 6.45) is 9.59. The maximum atomic E-state index is 13.7. The van der Waals surface area contributed by atoms with Crippen LogP contribution in [0.3, 0.4) is 0 Å². The molecule has 42 heavy (non-hydrogen) atoms. The molecular formula is C34H50N4O3S. The van der Waals surface area contributed by atoms with Gasteiger partial charge in [-0.15, -0.1) is 11.3 Å². The Morgan fingerprint density at radius 1 is 1.12 bits per heavy atom. The largest absolute Gasteiger partial charge is 0.353 e. The Morgan fingerprint density at radius 3 is 2.55 bits per heavy atom. The van der Waals surface area contributed by atoms with Crippen LogP contribution in [0.5, 0.6) is 0 Å². The van der Waals surface area contributed by atoms with Crippen LogP contribution in [0, 0.1) is 11.8 Å². The lowest BCUT2D eigenvalue weighted by Crippen LogP contribution is -2.45. The molecule has 1 saturated heterocycles. The van der Waals surface area contributed by atoms with E-state index in [9.17, 15) is 14.4 Å². The minimum absolute atomic E-state index is 0.00347. The molecule has 1 aromatic heterocycles. The van der Waals surface area contributed by atoms with Gasteiger partial charge < -0.3 is 15.0 Å². The molecule has 8 heteroatoms. The number of piperazine rings is 1. The number of fused-ring (bicyclic) bond motifs is 1. The van der Waals surface area contributed by atoms with Crippen molar-refractivity contribution in [1.82, 2.24) is 20.1 Å². The maximum absolute atomic E-state index is 13.7. The zero-order chi connectivity index (χ0) is 30.1. The summed E-state index contributed by atoms with van der Waals surface area (Å²) in [5, 5.41) is 4.20. The van der Waals surface area contributed by atoms with Crippen LogP contribution in [0.15, 0.2) is 30.4 Å². The second kappa shape index (κ2) is 15.9. The molecule has 1 amide bonds. The highest BCUT2D eigenvalue weighted by atomic mass is 32.1. The molecule has 0 radical (unpaired) electrons. The Kier molecular flexibility index (Phi) is 12.3. The van der Waals surface area contributed by atoms with Crippen LogP contribution in [0.4, 0.5) is 0 Å². The number of aryl methyl sites for hydroxylation is 1. The molecule has 2 fully saturated rings. The number of carbonyl (C=O) groups is 3. The van der Waals surface area contributed by atoms with Crippen LogP contribution in [0.25, 0.3) is 10.2 Å². The minimum Gasteiger partial charge on any atom is -0.353 e. The van der Waals surface area contributed by atoms with E-state index >= 15 is 0 Å². The van der Waals surface area contributed by atoms with Gasteiger partial charge >= 0.3 is 0 Å². The molecule has 1 aromatic carbocycles. The topological polar surface area (TPSA) is 82.6 Å². The average molecular weight is 595 g/mol. The van der Waals surface area contributed by atoms with Crippen LogP contribution in [0.2, 0.25) is 0 Å². The lowest BCUT2D eigenvalue weighted by Gasteiger charge is -2.32. The molecule has 2 aliphatic rings. The number of ketones is 2. The van der Waals surface area contributed by atoms with E-state index in [0.29, 0.717) is 37.3 Å². The number of aromatic nitrogens is 1. The first-order valence-electron chi connectivity index (χ1n) is 16.0. The number of benzene rings is 1. The van der Waals surface area contributed by atoms with Crippen molar-refractivity contribution in [2.45, 2.75) is 90.5 Å². The van der Waals surface area contributed by atoms with Crippen molar-refractivity contribution in [3.05, 3.63) is 40.9 Å². The molecule has 0 unspecified atom stereocenters. The van der Waals surface area contributed by atoms with E-state index in [0.717, 1.165) is 54.2 Å². The standard InChI is InChI=1S/C34H50N4O3S/c1-5-26-11-13-30-32(21-26)42-33(36-30)22-28(19-25(3)39)34(41)35-29(20-27-9-7-6-8-10-27)12-14-31(40)24(2)23-38-17-15-37(4)16-18-38/h11,13,21,27-29H,2,5-10,12,14-20,22-23H2,1,3-4H3,(H,35,41)/t28-,29+/m0/s1. The van der Waals surface area contributed by atoms with E-state index in [1.165, 1.54) is 37.7 Å². The lowest BCUT2D eigenvalue weighted by atomic mass is 9.83. The van der Waals surface area contributed by atoms with Gasteiger partial charge in [-0.1, -0.05) is 51.7 Å². The molecule has 2 heterocycles. The fourth-order valence-electron chi connectivity index (χ4n) is 6.38. The minimum atomic E-state index is -0.467. The molecule has 0 bridgehead atoms. The van der Waals surface area contributed by atoms with Gasteiger partial charge in [-0.05, 0) is 56.8 Å². The zero-order valence-corrected chi connectivity index (χ0v) is 26.8. The molecule has 7 nitrogen and oxygen atoms in total. The van der Waals surface area contributed by atoms with Crippen molar-refractivity contribution in [1.29, 1.82) is 0 Å². The van der Waals surface area contributed by atoms with E-state index in [2.05, 4.69) is 47.8 Å². The number of nitrogens with one attached hydrogen (secondary N) is 1. The van der Waals surface area contributed by atoms with E-state index in [1.54, 1.807) is 18.3 Å². The third kappa shape index (κ3) is 9.81. The molecule has 4 rings (SSSR count). The van der Waals surface area contributed by atoms with Gasteiger partial charge in [0, 0.05) is 63.6 Å². The fraction of sp³-hybridized carbons (Fsp3) is 0.647. The van der Waals surface area contributed by atoms with Crippen LogP contribution in [-0.2, 0) is 27.2 Å². The lowest BCUT2D eigenvalue weighted by molar-refractivity contribution is -0.129. The second-order valence-electron chi connectivity index (χ2n) is 12.7. The Bertz CT molecular complexity index is 1230. The van der Waals surface area contributed by atoms with Crippen molar-refractivity contribution in [2.24, 2.45) is 11.8 Å². The third-order valence-electron chi connectivity index (χ3n) is 9.04. The molecule has 1 N–H and O–H groups in total. The summed E-state index contributed by atoms with van der Waals surface area (Å²) in [4.78, 5) is 48.4. The maximum Gasteiger partial charge on any atom is 0.224 e. The van der Waals surface area contributed by atoms with E-state index in [4.69, 9.17) is 4.98 Å². The molecule has 1 aliphatic heterocycles. The van der Waals surface area contributed by atoms with Crippen LogP contribution in [-0.4, -0.2) is 78.1 Å². The SMILES string of the molecule is C=C(CN1CCN(C)CC1)C(=O)CC[C@H](CC1CCCCC1)NC(=O)[C@@H](CC(C)=O)Cc1nc2ccc(CC)cc2s1. The Morgan fingerprint density at radius 2 is 1.86 bits per heavy atom. The summed E-state index contributed by atoms with van der Waals surface area (Å²) in [5.74, 6) is 0.103. The zero-order valence-electron chi connectivity index (χ0n) is 26.0. The molecule has 230 valence electrons. The summed E-state index contributed by atoms with van der Waals surface area (Å²) in [5.41, 5.74) is 2.88. The Hall–Kier alpha value is -2.42. The molecule has 1 aliphatic carbocycles. The van der Waals surface area contributed by atoms with Crippen molar-refractivity contribution >= 4 is 39.0 Å². The monoisotopic (exact) mass is 594 g/mol. The van der Waals surface area contributed by atoms with Crippen LogP contribution >= 0.6 is 11.3 Å². The predicted molar refractivity (Wildman–Crippen MR) is 172 cm³/mol. The highest BCUT2D eigenvalue weighted by Gasteiger charge is 2.27. The fourth-order valence-corrected chi connectivity index (χ4v) is 7.49.